The van der Waals surface area contributed by atoms with Gasteiger partial charge in [0.05, 0.1) is 11.4 Å². The Kier molecular flexibility index (Phi) is 6.66. The third-order valence-corrected chi connectivity index (χ3v) is 7.35. The Balaban J connectivity index is 1.31. The molecule has 0 aliphatic carbocycles. The zero-order valence-corrected chi connectivity index (χ0v) is 21.0. The van der Waals surface area contributed by atoms with Crippen LogP contribution in [0.1, 0.15) is 31.1 Å². The predicted molar refractivity (Wildman–Crippen MR) is 136 cm³/mol. The standard InChI is InChI=1S/C26H27Cl2N3O4/c1-14(2)24(17-4-6-21-19(8-17)25(28)30-29-21)35-18-5-3-16-7-15(13-34-23(16)9-18)11-31-12-20(26(32)33)22(31)10-27/h3-9,14,20,22,24H,10-13H2,1-2H3,(H,29,30)(H,32,33). The van der Waals surface area contributed by atoms with Crippen molar-refractivity contribution in [2.45, 2.75) is 26.0 Å². The van der Waals surface area contributed by atoms with E-state index in [4.69, 9.17) is 32.7 Å². The molecule has 0 spiro atoms. The highest BCUT2D eigenvalue weighted by atomic mass is 35.5. The molecule has 9 heteroatoms. The van der Waals surface area contributed by atoms with Gasteiger partial charge in [-0.3, -0.25) is 14.8 Å². The Morgan fingerprint density at radius 2 is 2.14 bits per heavy atom. The molecule has 3 aromatic rings. The lowest BCUT2D eigenvalue weighted by Crippen LogP contribution is -2.60. The van der Waals surface area contributed by atoms with Gasteiger partial charge in [-0.15, -0.1) is 11.6 Å². The lowest BCUT2D eigenvalue weighted by molar-refractivity contribution is -0.151. The summed E-state index contributed by atoms with van der Waals surface area (Å²) in [5.74, 6) is 0.839. The molecule has 7 nitrogen and oxygen atoms in total. The summed E-state index contributed by atoms with van der Waals surface area (Å²) in [6.45, 7) is 5.84. The van der Waals surface area contributed by atoms with E-state index in [1.165, 1.54) is 0 Å². The Hall–Kier alpha value is -2.74. The number of halogens is 2. The SMILES string of the molecule is CC(C)C(Oc1ccc2c(c1)OCC(CN1CC(C(=O)O)C1CCl)=C2)c1ccc2[nH]nc(Cl)c2c1. The van der Waals surface area contributed by atoms with Gasteiger partial charge in [-0.05, 0) is 47.4 Å². The number of benzene rings is 2. The van der Waals surface area contributed by atoms with Crippen LogP contribution in [0.25, 0.3) is 17.0 Å². The summed E-state index contributed by atoms with van der Waals surface area (Å²) in [6.07, 6.45) is 1.94. The minimum absolute atomic E-state index is 0.142. The molecule has 3 unspecified atom stereocenters. The number of carbonyl (C=O) groups is 1. The molecule has 1 fully saturated rings. The van der Waals surface area contributed by atoms with E-state index in [0.717, 1.165) is 39.1 Å². The van der Waals surface area contributed by atoms with Crippen molar-refractivity contribution in [3.63, 3.8) is 0 Å². The van der Waals surface area contributed by atoms with Crippen molar-refractivity contribution in [3.05, 3.63) is 58.3 Å². The molecular formula is C26H27Cl2N3O4. The van der Waals surface area contributed by atoms with Crippen molar-refractivity contribution in [1.82, 2.24) is 15.1 Å². The van der Waals surface area contributed by atoms with Crippen LogP contribution < -0.4 is 9.47 Å². The highest BCUT2D eigenvalue weighted by Gasteiger charge is 2.43. The number of likely N-dealkylation sites (tertiary alicyclic amines) is 1. The molecule has 3 atom stereocenters. The highest BCUT2D eigenvalue weighted by molar-refractivity contribution is 6.34. The van der Waals surface area contributed by atoms with E-state index in [0.29, 0.717) is 30.7 Å². The van der Waals surface area contributed by atoms with Crippen LogP contribution in [0.5, 0.6) is 11.5 Å². The van der Waals surface area contributed by atoms with Gasteiger partial charge in [-0.1, -0.05) is 31.5 Å². The molecule has 1 saturated heterocycles. The third kappa shape index (κ3) is 4.73. The van der Waals surface area contributed by atoms with Crippen molar-refractivity contribution >= 4 is 46.2 Å². The van der Waals surface area contributed by atoms with Crippen LogP contribution in [0.15, 0.2) is 42.0 Å². The number of hydrogen-bond donors (Lipinski definition) is 2. The average Bonchev–Trinajstić information content (AvgIpc) is 3.19. The number of carboxylic acid groups (broad SMARTS) is 1. The Morgan fingerprint density at radius 3 is 2.89 bits per heavy atom. The number of nitrogens with one attached hydrogen (secondary N) is 1. The number of aromatic amines is 1. The van der Waals surface area contributed by atoms with Crippen LogP contribution in [-0.4, -0.2) is 57.8 Å². The van der Waals surface area contributed by atoms with E-state index in [1.54, 1.807) is 0 Å². The fraction of sp³-hybridized carbons (Fsp3) is 0.385. The maximum atomic E-state index is 11.3. The van der Waals surface area contributed by atoms with Crippen LogP contribution in [0, 0.1) is 11.8 Å². The first kappa shape index (κ1) is 24.0. The van der Waals surface area contributed by atoms with Crippen molar-refractivity contribution < 1.29 is 19.4 Å². The first-order chi connectivity index (χ1) is 16.8. The summed E-state index contributed by atoms with van der Waals surface area (Å²) in [5.41, 5.74) is 3.99. The zero-order chi connectivity index (χ0) is 24.7. The summed E-state index contributed by atoms with van der Waals surface area (Å²) in [6, 6.07) is 11.7. The first-order valence-electron chi connectivity index (χ1n) is 11.6. The molecular weight excluding hydrogens is 489 g/mol. The third-order valence-electron chi connectivity index (χ3n) is 6.74. The smallest absolute Gasteiger partial charge is 0.309 e. The molecule has 0 radical (unpaired) electrons. The van der Waals surface area contributed by atoms with Crippen molar-refractivity contribution in [1.29, 1.82) is 0 Å². The number of nitrogens with zero attached hydrogens (tertiary/aromatic N) is 2. The van der Waals surface area contributed by atoms with Gasteiger partial charge in [0.1, 0.15) is 24.2 Å². The second kappa shape index (κ2) is 9.72. The van der Waals surface area contributed by atoms with Crippen LogP contribution >= 0.6 is 23.2 Å². The maximum absolute atomic E-state index is 11.3. The Morgan fingerprint density at radius 1 is 1.31 bits per heavy atom. The number of carboxylic acids is 1. The van der Waals surface area contributed by atoms with Gasteiger partial charge in [-0.2, -0.15) is 5.10 Å². The van der Waals surface area contributed by atoms with Crippen molar-refractivity contribution in [2.24, 2.45) is 11.8 Å². The molecule has 1 aromatic heterocycles. The number of ether oxygens (including phenoxy) is 2. The van der Waals surface area contributed by atoms with E-state index in [1.807, 2.05) is 36.4 Å². The monoisotopic (exact) mass is 515 g/mol. The first-order valence-corrected chi connectivity index (χ1v) is 12.5. The maximum Gasteiger partial charge on any atom is 0.309 e. The molecule has 2 aliphatic rings. The minimum Gasteiger partial charge on any atom is -0.488 e. The van der Waals surface area contributed by atoms with Gasteiger partial charge < -0.3 is 14.6 Å². The number of aliphatic carboxylic acids is 1. The number of rotatable bonds is 8. The number of hydrogen-bond acceptors (Lipinski definition) is 5. The molecule has 0 amide bonds. The van der Waals surface area contributed by atoms with E-state index in [2.05, 4.69) is 35.0 Å². The van der Waals surface area contributed by atoms with Gasteiger partial charge >= 0.3 is 5.97 Å². The van der Waals surface area contributed by atoms with Gasteiger partial charge in [0, 0.05) is 42.0 Å². The number of H-pyrrole nitrogens is 1. The summed E-state index contributed by atoms with van der Waals surface area (Å²) in [4.78, 5) is 13.4. The largest absolute Gasteiger partial charge is 0.488 e. The van der Waals surface area contributed by atoms with Crippen LogP contribution in [0.3, 0.4) is 0 Å². The summed E-state index contributed by atoms with van der Waals surface area (Å²) >= 11 is 12.2. The molecule has 2 N–H and O–H groups in total. The van der Waals surface area contributed by atoms with Crippen LogP contribution in [-0.2, 0) is 4.79 Å². The zero-order valence-electron chi connectivity index (χ0n) is 19.5. The van der Waals surface area contributed by atoms with Gasteiger partial charge in [0.25, 0.3) is 0 Å². The summed E-state index contributed by atoms with van der Waals surface area (Å²) in [7, 11) is 0. The van der Waals surface area contributed by atoms with Crippen LogP contribution in [0.4, 0.5) is 0 Å². The second-order valence-electron chi connectivity index (χ2n) is 9.49. The van der Waals surface area contributed by atoms with Gasteiger partial charge in [0.2, 0.25) is 0 Å². The predicted octanol–water partition coefficient (Wildman–Crippen LogP) is 5.39. The number of fused-ring (bicyclic) bond motifs is 2. The lowest BCUT2D eigenvalue weighted by atomic mass is 9.89. The molecule has 184 valence electrons. The summed E-state index contributed by atoms with van der Waals surface area (Å²) in [5, 5.41) is 17.6. The molecule has 5 rings (SSSR count). The normalized spacial score (nSPS) is 20.7. The molecule has 2 aromatic carbocycles. The van der Waals surface area contributed by atoms with E-state index in [-0.39, 0.29) is 18.1 Å². The average molecular weight is 516 g/mol. The van der Waals surface area contributed by atoms with E-state index in [9.17, 15) is 9.90 Å². The van der Waals surface area contributed by atoms with Gasteiger partial charge in [-0.25, -0.2) is 0 Å². The Bertz CT molecular complexity index is 1290. The van der Waals surface area contributed by atoms with E-state index < -0.39 is 11.9 Å². The molecule has 3 heterocycles. The van der Waals surface area contributed by atoms with Gasteiger partial charge in [0.15, 0.2) is 5.15 Å². The van der Waals surface area contributed by atoms with Crippen molar-refractivity contribution in [2.75, 3.05) is 25.6 Å². The van der Waals surface area contributed by atoms with Crippen molar-refractivity contribution in [3.8, 4) is 11.5 Å². The van der Waals surface area contributed by atoms with E-state index >= 15 is 0 Å². The Labute approximate surface area is 213 Å². The molecule has 0 saturated carbocycles. The molecule has 35 heavy (non-hydrogen) atoms. The topological polar surface area (TPSA) is 87.7 Å². The second-order valence-corrected chi connectivity index (χ2v) is 10.2. The summed E-state index contributed by atoms with van der Waals surface area (Å²) < 4.78 is 12.5. The fourth-order valence-corrected chi connectivity index (χ4v) is 5.39. The minimum atomic E-state index is -0.786. The molecule has 0 bridgehead atoms. The lowest BCUT2D eigenvalue weighted by Gasteiger charge is -2.45. The quantitative estimate of drug-likeness (QED) is 0.391. The fourth-order valence-electron chi connectivity index (χ4n) is 4.78. The van der Waals surface area contributed by atoms with Crippen LogP contribution in [0.2, 0.25) is 5.15 Å². The number of aromatic nitrogens is 2. The molecule has 2 aliphatic heterocycles. The number of alkyl halides is 1. The highest BCUT2D eigenvalue weighted by Crippen LogP contribution is 2.36.